The minimum atomic E-state index is -0.904. The van der Waals surface area contributed by atoms with Crippen molar-refractivity contribution in [1.82, 2.24) is 4.90 Å². The van der Waals surface area contributed by atoms with Gasteiger partial charge in [0.25, 0.3) is 0 Å². The van der Waals surface area contributed by atoms with Gasteiger partial charge in [-0.1, -0.05) is 12.2 Å². The second kappa shape index (κ2) is 5.35. The van der Waals surface area contributed by atoms with E-state index >= 15 is 0 Å². The highest BCUT2D eigenvalue weighted by Crippen LogP contribution is 2.42. The fourth-order valence-corrected chi connectivity index (χ4v) is 3.25. The fraction of sp³-hybridized carbons (Fsp3) is 0.412. The van der Waals surface area contributed by atoms with Crippen molar-refractivity contribution < 1.29 is 14.0 Å². The van der Waals surface area contributed by atoms with Gasteiger partial charge in [-0.3, -0.25) is 9.59 Å². The summed E-state index contributed by atoms with van der Waals surface area (Å²) < 4.78 is 5.30. The number of carbonyl (C=O) groups is 2. The van der Waals surface area contributed by atoms with Crippen molar-refractivity contribution in [2.75, 3.05) is 13.6 Å². The molecule has 2 heterocycles. The molecule has 0 aromatic carbocycles. The number of allylic oxidation sites excluding steroid dienone is 2. The SMILES string of the molecule is CN1CC=CCC2(CCC/C(=C\c3ccco3)C2=O)C1=O. The summed E-state index contributed by atoms with van der Waals surface area (Å²) in [7, 11) is 1.76. The lowest BCUT2D eigenvalue weighted by Crippen LogP contribution is -2.48. The second-order valence-corrected chi connectivity index (χ2v) is 5.81. The van der Waals surface area contributed by atoms with Crippen molar-refractivity contribution in [3.8, 4) is 0 Å². The second-order valence-electron chi connectivity index (χ2n) is 5.81. The monoisotopic (exact) mass is 285 g/mol. The van der Waals surface area contributed by atoms with Crippen LogP contribution >= 0.6 is 0 Å². The molecule has 4 nitrogen and oxygen atoms in total. The van der Waals surface area contributed by atoms with E-state index < -0.39 is 5.41 Å². The summed E-state index contributed by atoms with van der Waals surface area (Å²) in [4.78, 5) is 27.3. The molecule has 1 aliphatic carbocycles. The van der Waals surface area contributed by atoms with Gasteiger partial charge in [-0.2, -0.15) is 0 Å². The third-order valence-corrected chi connectivity index (χ3v) is 4.40. The number of nitrogens with zero attached hydrogens (tertiary/aromatic N) is 1. The Hall–Kier alpha value is -2.10. The van der Waals surface area contributed by atoms with Gasteiger partial charge in [-0.25, -0.2) is 0 Å². The van der Waals surface area contributed by atoms with Crippen molar-refractivity contribution in [2.45, 2.75) is 25.7 Å². The van der Waals surface area contributed by atoms with Crippen molar-refractivity contribution in [2.24, 2.45) is 5.41 Å². The van der Waals surface area contributed by atoms with Crippen molar-refractivity contribution in [1.29, 1.82) is 0 Å². The molecule has 21 heavy (non-hydrogen) atoms. The molecule has 2 aliphatic rings. The van der Waals surface area contributed by atoms with Gasteiger partial charge in [-0.15, -0.1) is 0 Å². The van der Waals surface area contributed by atoms with Gasteiger partial charge in [0.05, 0.1) is 6.26 Å². The van der Waals surface area contributed by atoms with E-state index in [1.165, 1.54) is 0 Å². The average Bonchev–Trinajstić information content (AvgIpc) is 2.94. The quantitative estimate of drug-likeness (QED) is 0.453. The summed E-state index contributed by atoms with van der Waals surface area (Å²) in [6.07, 6.45) is 10.0. The molecule has 0 saturated heterocycles. The Kier molecular flexibility index (Phi) is 3.53. The molecule has 1 atom stereocenters. The molecule has 1 aromatic rings. The van der Waals surface area contributed by atoms with E-state index in [1.807, 2.05) is 18.2 Å². The van der Waals surface area contributed by atoms with E-state index in [9.17, 15) is 9.59 Å². The number of likely N-dealkylation sites (N-methyl/N-ethyl adjacent to an activating group) is 1. The maximum Gasteiger partial charge on any atom is 0.236 e. The number of hydrogen-bond acceptors (Lipinski definition) is 3. The highest BCUT2D eigenvalue weighted by Gasteiger charge is 2.49. The zero-order valence-corrected chi connectivity index (χ0v) is 12.2. The Balaban J connectivity index is 1.97. The molecule has 3 rings (SSSR count). The Bertz CT molecular complexity index is 612. The van der Waals surface area contributed by atoms with E-state index in [2.05, 4.69) is 0 Å². The number of Topliss-reactive ketones (excluding diaryl/α,β-unsaturated/α-hetero) is 1. The van der Waals surface area contributed by atoms with Gasteiger partial charge in [0.1, 0.15) is 11.2 Å². The average molecular weight is 285 g/mol. The lowest BCUT2D eigenvalue weighted by atomic mass is 9.68. The van der Waals surface area contributed by atoms with E-state index in [0.717, 1.165) is 6.42 Å². The highest BCUT2D eigenvalue weighted by atomic mass is 16.3. The fourth-order valence-electron chi connectivity index (χ4n) is 3.25. The Morgan fingerprint density at radius 3 is 2.95 bits per heavy atom. The highest BCUT2D eigenvalue weighted by molar-refractivity contribution is 6.16. The standard InChI is InChI=1S/C17H19NO3/c1-18-10-3-2-8-17(16(18)20)9-4-6-13(15(17)19)12-14-7-5-11-21-14/h2-3,5,7,11-12H,4,6,8-10H2,1H3/b13-12+. The molecular formula is C17H19NO3. The zero-order valence-electron chi connectivity index (χ0n) is 12.2. The van der Waals surface area contributed by atoms with Crippen LogP contribution in [0.25, 0.3) is 6.08 Å². The van der Waals surface area contributed by atoms with Crippen molar-refractivity contribution in [3.63, 3.8) is 0 Å². The molecule has 0 radical (unpaired) electrons. The van der Waals surface area contributed by atoms with Crippen LogP contribution in [0.1, 0.15) is 31.4 Å². The van der Waals surface area contributed by atoms with Gasteiger partial charge in [-0.05, 0) is 49.5 Å². The van der Waals surface area contributed by atoms with Gasteiger partial charge < -0.3 is 9.32 Å². The summed E-state index contributed by atoms with van der Waals surface area (Å²) in [5.74, 6) is 0.580. The summed E-state index contributed by atoms with van der Waals surface area (Å²) in [5.41, 5.74) is -0.202. The molecule has 1 amide bonds. The topological polar surface area (TPSA) is 50.5 Å². The predicted octanol–water partition coefficient (Wildman–Crippen LogP) is 2.82. The number of hydrogen-bond donors (Lipinski definition) is 0. The molecule has 4 heteroatoms. The van der Waals surface area contributed by atoms with Crippen LogP contribution in [0, 0.1) is 5.41 Å². The van der Waals surface area contributed by atoms with E-state index in [4.69, 9.17) is 4.42 Å². The summed E-state index contributed by atoms with van der Waals surface area (Å²) in [6.45, 7) is 0.574. The summed E-state index contributed by atoms with van der Waals surface area (Å²) in [5, 5.41) is 0. The summed E-state index contributed by atoms with van der Waals surface area (Å²) >= 11 is 0. The molecule has 110 valence electrons. The predicted molar refractivity (Wildman–Crippen MR) is 79.4 cm³/mol. The molecule has 1 saturated carbocycles. The molecule has 1 aromatic heterocycles. The van der Waals surface area contributed by atoms with Crippen LogP contribution < -0.4 is 0 Å². The van der Waals surface area contributed by atoms with Crippen LogP contribution in [0.15, 0.2) is 40.5 Å². The molecular weight excluding hydrogens is 266 g/mol. The van der Waals surface area contributed by atoms with E-state index in [1.54, 1.807) is 30.4 Å². The Morgan fingerprint density at radius 1 is 1.33 bits per heavy atom. The number of amides is 1. The largest absolute Gasteiger partial charge is 0.465 e. The first-order valence-electron chi connectivity index (χ1n) is 7.33. The lowest BCUT2D eigenvalue weighted by molar-refractivity contribution is -0.148. The Labute approximate surface area is 124 Å². The Morgan fingerprint density at radius 2 is 2.19 bits per heavy atom. The van der Waals surface area contributed by atoms with Crippen LogP contribution in [-0.2, 0) is 9.59 Å². The molecule has 1 unspecified atom stereocenters. The minimum absolute atomic E-state index is 0.0337. The number of rotatable bonds is 1. The molecule has 1 aliphatic heterocycles. The maximum absolute atomic E-state index is 12.9. The molecule has 0 N–H and O–H groups in total. The van der Waals surface area contributed by atoms with Crippen LogP contribution in [0.5, 0.6) is 0 Å². The first-order valence-corrected chi connectivity index (χ1v) is 7.33. The third kappa shape index (κ3) is 2.35. The van der Waals surface area contributed by atoms with E-state index in [-0.39, 0.29) is 11.7 Å². The molecule has 1 spiro atoms. The number of carbonyl (C=O) groups excluding carboxylic acids is 2. The van der Waals surface area contributed by atoms with E-state index in [0.29, 0.717) is 37.1 Å². The number of furan rings is 1. The number of ketones is 1. The van der Waals surface area contributed by atoms with Crippen molar-refractivity contribution >= 4 is 17.8 Å². The normalized spacial score (nSPS) is 28.4. The minimum Gasteiger partial charge on any atom is -0.465 e. The smallest absolute Gasteiger partial charge is 0.236 e. The zero-order chi connectivity index (χ0) is 14.9. The third-order valence-electron chi connectivity index (χ3n) is 4.40. The first-order chi connectivity index (χ1) is 10.1. The first kappa shape index (κ1) is 13.9. The van der Waals surface area contributed by atoms with Crippen LogP contribution in [0.3, 0.4) is 0 Å². The van der Waals surface area contributed by atoms with Gasteiger partial charge in [0.2, 0.25) is 5.91 Å². The van der Waals surface area contributed by atoms with Crippen LogP contribution in [0.2, 0.25) is 0 Å². The maximum atomic E-state index is 12.9. The molecule has 1 fully saturated rings. The van der Waals surface area contributed by atoms with Gasteiger partial charge >= 0.3 is 0 Å². The van der Waals surface area contributed by atoms with Gasteiger partial charge in [0, 0.05) is 13.6 Å². The summed E-state index contributed by atoms with van der Waals surface area (Å²) in [6, 6.07) is 3.62. The molecule has 0 bridgehead atoms. The van der Waals surface area contributed by atoms with Crippen LogP contribution in [0.4, 0.5) is 0 Å². The van der Waals surface area contributed by atoms with Crippen LogP contribution in [-0.4, -0.2) is 30.2 Å². The lowest BCUT2D eigenvalue weighted by Gasteiger charge is -2.36. The van der Waals surface area contributed by atoms with Crippen molar-refractivity contribution in [3.05, 3.63) is 41.9 Å². The van der Waals surface area contributed by atoms with Gasteiger partial charge in [0.15, 0.2) is 5.78 Å².